The Hall–Kier alpha value is -0.570. The molecule has 1 heterocycles. The minimum atomic E-state index is 0.268. The summed E-state index contributed by atoms with van der Waals surface area (Å²) in [6, 6.07) is 0.677. The summed E-state index contributed by atoms with van der Waals surface area (Å²) in [5.41, 5.74) is 5.83. The molecule has 1 saturated carbocycles. The first kappa shape index (κ1) is 12.9. The number of nitrogens with zero attached hydrogens (tertiary/aromatic N) is 1. The summed E-state index contributed by atoms with van der Waals surface area (Å²) in [5, 5.41) is 0. The molecule has 0 bridgehead atoms. The van der Waals surface area contributed by atoms with E-state index in [1.807, 2.05) is 0 Å². The first-order valence-corrected chi connectivity index (χ1v) is 7.17. The van der Waals surface area contributed by atoms with Crippen molar-refractivity contribution in [2.24, 2.45) is 17.6 Å². The molecule has 0 aromatic heterocycles. The van der Waals surface area contributed by atoms with Crippen molar-refractivity contribution >= 4 is 5.91 Å². The highest BCUT2D eigenvalue weighted by Gasteiger charge is 2.38. The maximum atomic E-state index is 12.7. The topological polar surface area (TPSA) is 46.3 Å². The summed E-state index contributed by atoms with van der Waals surface area (Å²) in [4.78, 5) is 14.8. The van der Waals surface area contributed by atoms with Gasteiger partial charge in [0.1, 0.15) is 0 Å². The van der Waals surface area contributed by atoms with Crippen molar-refractivity contribution in [3.8, 4) is 0 Å². The number of hydrogen-bond donors (Lipinski definition) is 1. The summed E-state index contributed by atoms with van der Waals surface area (Å²) >= 11 is 0. The molecule has 3 nitrogen and oxygen atoms in total. The van der Waals surface area contributed by atoms with Crippen molar-refractivity contribution < 1.29 is 4.79 Å². The lowest BCUT2D eigenvalue weighted by Crippen LogP contribution is -2.54. The van der Waals surface area contributed by atoms with Crippen molar-refractivity contribution in [2.75, 3.05) is 6.54 Å². The van der Waals surface area contributed by atoms with Gasteiger partial charge < -0.3 is 10.6 Å². The van der Waals surface area contributed by atoms with Crippen LogP contribution in [-0.2, 0) is 4.79 Å². The van der Waals surface area contributed by atoms with Crippen LogP contribution in [0.1, 0.15) is 52.4 Å². The van der Waals surface area contributed by atoms with Crippen molar-refractivity contribution in [1.82, 2.24) is 4.90 Å². The first-order chi connectivity index (χ1) is 8.15. The van der Waals surface area contributed by atoms with Gasteiger partial charge >= 0.3 is 0 Å². The quantitative estimate of drug-likeness (QED) is 0.801. The predicted octanol–water partition coefficient (Wildman–Crippen LogP) is 2.15. The Bertz CT molecular complexity index is 279. The van der Waals surface area contributed by atoms with E-state index in [2.05, 4.69) is 18.7 Å². The Morgan fingerprint density at radius 1 is 1.18 bits per heavy atom. The largest absolute Gasteiger partial charge is 0.335 e. The minimum Gasteiger partial charge on any atom is -0.335 e. The first-order valence-electron chi connectivity index (χ1n) is 7.17. The molecule has 2 aliphatic rings. The zero-order chi connectivity index (χ0) is 12.4. The molecule has 0 aromatic carbocycles. The highest BCUT2D eigenvalue weighted by Crippen LogP contribution is 2.35. The average Bonchev–Trinajstić information content (AvgIpc) is 2.74. The zero-order valence-corrected chi connectivity index (χ0v) is 11.2. The number of carbonyl (C=O) groups excluding carboxylic acids is 1. The SMILES string of the molecule is CC1CCCC1C(=O)N1C(C)CCCC1CN. The molecule has 2 N–H and O–H groups in total. The molecule has 98 valence electrons. The van der Waals surface area contributed by atoms with Gasteiger partial charge in [-0.25, -0.2) is 0 Å². The van der Waals surface area contributed by atoms with E-state index in [9.17, 15) is 4.79 Å². The monoisotopic (exact) mass is 238 g/mol. The number of carbonyl (C=O) groups is 1. The van der Waals surface area contributed by atoms with Crippen LogP contribution in [0.25, 0.3) is 0 Å². The van der Waals surface area contributed by atoms with Crippen molar-refractivity contribution in [2.45, 2.75) is 64.5 Å². The van der Waals surface area contributed by atoms with Gasteiger partial charge in [0, 0.05) is 24.5 Å². The van der Waals surface area contributed by atoms with E-state index in [0.717, 1.165) is 19.3 Å². The molecular weight excluding hydrogens is 212 g/mol. The second-order valence-electron chi connectivity index (χ2n) is 5.93. The molecular formula is C14H26N2O. The van der Waals surface area contributed by atoms with Crippen LogP contribution >= 0.6 is 0 Å². The summed E-state index contributed by atoms with van der Waals surface area (Å²) in [5.74, 6) is 1.22. The number of amides is 1. The van der Waals surface area contributed by atoms with E-state index < -0.39 is 0 Å². The fourth-order valence-corrected chi connectivity index (χ4v) is 3.62. The normalized spacial score (nSPS) is 38.4. The van der Waals surface area contributed by atoms with E-state index in [1.165, 1.54) is 19.3 Å². The number of piperidine rings is 1. The van der Waals surface area contributed by atoms with E-state index >= 15 is 0 Å². The molecule has 17 heavy (non-hydrogen) atoms. The molecule has 1 aliphatic heterocycles. The smallest absolute Gasteiger partial charge is 0.226 e. The van der Waals surface area contributed by atoms with Crippen molar-refractivity contribution in [1.29, 1.82) is 0 Å². The Labute approximate surface area is 105 Å². The highest BCUT2D eigenvalue weighted by atomic mass is 16.2. The molecule has 0 aromatic rings. The second-order valence-corrected chi connectivity index (χ2v) is 5.93. The lowest BCUT2D eigenvalue weighted by Gasteiger charge is -2.42. The average molecular weight is 238 g/mol. The molecule has 0 spiro atoms. The van der Waals surface area contributed by atoms with Crippen LogP contribution < -0.4 is 5.73 Å². The van der Waals surface area contributed by atoms with Gasteiger partial charge in [0.2, 0.25) is 5.91 Å². The fraction of sp³-hybridized carbons (Fsp3) is 0.929. The van der Waals surface area contributed by atoms with Gasteiger partial charge in [-0.1, -0.05) is 13.3 Å². The summed E-state index contributed by atoms with van der Waals surface area (Å²) in [6.07, 6.45) is 6.96. The van der Waals surface area contributed by atoms with Crippen LogP contribution in [-0.4, -0.2) is 29.4 Å². The number of likely N-dealkylation sites (tertiary alicyclic amines) is 1. The van der Waals surface area contributed by atoms with Gasteiger partial charge in [-0.2, -0.15) is 0 Å². The van der Waals surface area contributed by atoms with Gasteiger partial charge in [0.25, 0.3) is 0 Å². The van der Waals surface area contributed by atoms with Crippen molar-refractivity contribution in [3.63, 3.8) is 0 Å². The van der Waals surface area contributed by atoms with Crippen LogP contribution in [0.2, 0.25) is 0 Å². The highest BCUT2D eigenvalue weighted by molar-refractivity contribution is 5.80. The molecule has 4 atom stereocenters. The van der Waals surface area contributed by atoms with Crippen molar-refractivity contribution in [3.05, 3.63) is 0 Å². The molecule has 1 saturated heterocycles. The summed E-state index contributed by atoms with van der Waals surface area (Å²) < 4.78 is 0. The van der Waals surface area contributed by atoms with Crippen LogP contribution in [0.15, 0.2) is 0 Å². The van der Waals surface area contributed by atoms with Crippen LogP contribution in [0.3, 0.4) is 0 Å². The summed E-state index contributed by atoms with van der Waals surface area (Å²) in [7, 11) is 0. The standard InChI is InChI=1S/C14H26N2O/c1-10-5-3-8-13(10)14(17)16-11(2)6-4-7-12(16)9-15/h10-13H,3-9,15H2,1-2H3. The third kappa shape index (κ3) is 2.49. The molecule has 0 radical (unpaired) electrons. The van der Waals surface area contributed by atoms with Crippen LogP contribution in [0, 0.1) is 11.8 Å². The number of nitrogens with two attached hydrogens (primary N) is 1. The third-order valence-electron chi connectivity index (χ3n) is 4.73. The van der Waals surface area contributed by atoms with E-state index in [0.29, 0.717) is 30.5 Å². The maximum Gasteiger partial charge on any atom is 0.226 e. The maximum absolute atomic E-state index is 12.7. The minimum absolute atomic E-state index is 0.268. The molecule has 3 heteroatoms. The van der Waals surface area contributed by atoms with Crippen LogP contribution in [0.5, 0.6) is 0 Å². The number of hydrogen-bond acceptors (Lipinski definition) is 2. The van der Waals surface area contributed by atoms with Gasteiger partial charge in [-0.15, -0.1) is 0 Å². The van der Waals surface area contributed by atoms with E-state index in [1.54, 1.807) is 0 Å². The fourth-order valence-electron chi connectivity index (χ4n) is 3.62. The van der Waals surface area contributed by atoms with Gasteiger partial charge in [0.05, 0.1) is 0 Å². The Balaban J connectivity index is 2.09. The molecule has 2 rings (SSSR count). The number of rotatable bonds is 2. The van der Waals surface area contributed by atoms with Crippen LogP contribution in [0.4, 0.5) is 0 Å². The molecule has 2 fully saturated rings. The third-order valence-corrected chi connectivity index (χ3v) is 4.73. The van der Waals surface area contributed by atoms with Gasteiger partial charge in [0.15, 0.2) is 0 Å². The predicted molar refractivity (Wildman–Crippen MR) is 69.5 cm³/mol. The molecule has 1 aliphatic carbocycles. The summed E-state index contributed by atoms with van der Waals surface area (Å²) in [6.45, 7) is 5.03. The molecule has 4 unspecified atom stereocenters. The second kappa shape index (κ2) is 5.38. The van der Waals surface area contributed by atoms with E-state index in [-0.39, 0.29) is 5.92 Å². The van der Waals surface area contributed by atoms with Gasteiger partial charge in [-0.3, -0.25) is 4.79 Å². The Kier molecular flexibility index (Phi) is 4.08. The lowest BCUT2D eigenvalue weighted by molar-refractivity contribution is -0.143. The van der Waals surface area contributed by atoms with Gasteiger partial charge in [-0.05, 0) is 44.9 Å². The molecule has 1 amide bonds. The lowest BCUT2D eigenvalue weighted by atomic mass is 9.90. The Morgan fingerprint density at radius 2 is 1.88 bits per heavy atom. The Morgan fingerprint density at radius 3 is 2.47 bits per heavy atom. The zero-order valence-electron chi connectivity index (χ0n) is 11.2. The van der Waals surface area contributed by atoms with E-state index in [4.69, 9.17) is 5.73 Å².